The van der Waals surface area contributed by atoms with Gasteiger partial charge in [0.25, 0.3) is 0 Å². The standard InChI is InChI=1S/C13H19NO3Si/c1-15-18(16-2,17-3)13(9-5-4-6-10-13)12-8-7-11-14-12/h4-9,11,14H,10H2,1-3H3. The maximum Gasteiger partial charge on any atom is 0.517 e. The first-order valence-corrected chi connectivity index (χ1v) is 7.61. The van der Waals surface area contributed by atoms with Crippen LogP contribution >= 0.6 is 0 Å². The molecule has 1 N–H and O–H groups in total. The summed E-state index contributed by atoms with van der Waals surface area (Å²) >= 11 is 0. The first-order valence-electron chi connectivity index (χ1n) is 5.88. The molecule has 0 bridgehead atoms. The van der Waals surface area contributed by atoms with Crippen LogP contribution in [0.25, 0.3) is 0 Å². The van der Waals surface area contributed by atoms with Crippen LogP contribution in [0.5, 0.6) is 0 Å². The lowest BCUT2D eigenvalue weighted by atomic mass is 9.96. The Morgan fingerprint density at radius 2 is 1.89 bits per heavy atom. The Kier molecular flexibility index (Phi) is 3.87. The van der Waals surface area contributed by atoms with Crippen molar-refractivity contribution in [1.29, 1.82) is 0 Å². The zero-order valence-electron chi connectivity index (χ0n) is 11.0. The summed E-state index contributed by atoms with van der Waals surface area (Å²) in [6.45, 7) is 0. The highest BCUT2D eigenvalue weighted by atomic mass is 28.4. The zero-order valence-corrected chi connectivity index (χ0v) is 12.0. The molecule has 98 valence electrons. The van der Waals surface area contributed by atoms with Crippen molar-refractivity contribution in [3.05, 3.63) is 48.3 Å². The number of hydrogen-bond acceptors (Lipinski definition) is 3. The van der Waals surface area contributed by atoms with Crippen molar-refractivity contribution in [1.82, 2.24) is 4.98 Å². The number of aromatic amines is 1. The molecule has 1 aromatic heterocycles. The molecule has 1 aliphatic carbocycles. The van der Waals surface area contributed by atoms with Crippen LogP contribution in [0, 0.1) is 0 Å². The minimum Gasteiger partial charge on any atom is -0.376 e. The number of nitrogens with one attached hydrogen (secondary N) is 1. The normalized spacial score (nSPS) is 23.5. The summed E-state index contributed by atoms with van der Waals surface area (Å²) in [5.41, 5.74) is 1.06. The molecule has 0 aromatic carbocycles. The van der Waals surface area contributed by atoms with E-state index < -0.39 is 8.80 Å². The quantitative estimate of drug-likeness (QED) is 0.830. The summed E-state index contributed by atoms with van der Waals surface area (Å²) in [7, 11) is 2.11. The van der Waals surface area contributed by atoms with Crippen molar-refractivity contribution in [3.63, 3.8) is 0 Å². The Bertz CT molecular complexity index is 429. The summed E-state index contributed by atoms with van der Waals surface area (Å²) in [6, 6.07) is 4.02. The monoisotopic (exact) mass is 265 g/mol. The molecule has 0 fully saturated rings. The molecular weight excluding hydrogens is 246 g/mol. The van der Waals surface area contributed by atoms with Gasteiger partial charge in [0, 0.05) is 33.2 Å². The lowest BCUT2D eigenvalue weighted by Gasteiger charge is -2.41. The molecule has 5 heteroatoms. The average molecular weight is 265 g/mol. The fraction of sp³-hybridized carbons (Fsp3) is 0.385. The van der Waals surface area contributed by atoms with Gasteiger partial charge in [0.2, 0.25) is 0 Å². The highest BCUT2D eigenvalue weighted by Gasteiger charge is 2.59. The number of hydrogen-bond donors (Lipinski definition) is 1. The molecule has 1 aromatic rings. The lowest BCUT2D eigenvalue weighted by molar-refractivity contribution is 0.0986. The molecule has 1 atom stereocenters. The van der Waals surface area contributed by atoms with Crippen molar-refractivity contribution in [2.45, 2.75) is 11.5 Å². The Morgan fingerprint density at radius 3 is 2.33 bits per heavy atom. The van der Waals surface area contributed by atoms with Gasteiger partial charge >= 0.3 is 8.80 Å². The second-order valence-corrected chi connectivity index (χ2v) is 7.44. The minimum atomic E-state index is -2.84. The van der Waals surface area contributed by atoms with Gasteiger partial charge in [0.1, 0.15) is 5.04 Å². The summed E-state index contributed by atoms with van der Waals surface area (Å²) in [6.07, 6.45) is 11.0. The molecule has 0 aliphatic heterocycles. The number of aromatic nitrogens is 1. The van der Waals surface area contributed by atoms with E-state index in [9.17, 15) is 0 Å². The Labute approximate surface area is 109 Å². The molecule has 4 nitrogen and oxygen atoms in total. The fourth-order valence-corrected chi connectivity index (χ4v) is 5.36. The van der Waals surface area contributed by atoms with E-state index >= 15 is 0 Å². The molecule has 0 saturated carbocycles. The van der Waals surface area contributed by atoms with Crippen molar-refractivity contribution < 1.29 is 13.3 Å². The van der Waals surface area contributed by atoms with Crippen LogP contribution < -0.4 is 0 Å². The van der Waals surface area contributed by atoms with Gasteiger partial charge in [-0.3, -0.25) is 0 Å². The van der Waals surface area contributed by atoms with Crippen LogP contribution in [0.4, 0.5) is 0 Å². The molecule has 0 amide bonds. The van der Waals surface area contributed by atoms with Crippen LogP contribution in [0.3, 0.4) is 0 Å². The van der Waals surface area contributed by atoms with Gasteiger partial charge < -0.3 is 18.3 Å². The zero-order chi connectivity index (χ0) is 13.1. The van der Waals surface area contributed by atoms with Crippen LogP contribution in [-0.4, -0.2) is 35.1 Å². The van der Waals surface area contributed by atoms with Gasteiger partial charge in [-0.15, -0.1) is 0 Å². The molecule has 1 aliphatic rings. The predicted molar refractivity (Wildman–Crippen MR) is 72.1 cm³/mol. The van der Waals surface area contributed by atoms with E-state index in [-0.39, 0.29) is 5.04 Å². The van der Waals surface area contributed by atoms with Gasteiger partial charge in [-0.1, -0.05) is 24.3 Å². The summed E-state index contributed by atoms with van der Waals surface area (Å²) in [5.74, 6) is 0. The van der Waals surface area contributed by atoms with E-state index in [0.29, 0.717) is 0 Å². The molecular formula is C13H19NO3Si. The van der Waals surface area contributed by atoms with E-state index in [1.165, 1.54) is 0 Å². The highest BCUT2D eigenvalue weighted by molar-refractivity contribution is 6.65. The van der Waals surface area contributed by atoms with Crippen LogP contribution in [-0.2, 0) is 18.3 Å². The van der Waals surface area contributed by atoms with Crippen molar-refractivity contribution >= 4 is 8.80 Å². The molecule has 0 radical (unpaired) electrons. The first kappa shape index (κ1) is 13.3. The third kappa shape index (κ3) is 1.80. The van der Waals surface area contributed by atoms with Gasteiger partial charge in [-0.2, -0.15) is 0 Å². The second-order valence-electron chi connectivity index (χ2n) is 4.22. The Hall–Kier alpha value is -1.14. The molecule has 18 heavy (non-hydrogen) atoms. The number of H-pyrrole nitrogens is 1. The molecule has 1 unspecified atom stereocenters. The van der Waals surface area contributed by atoms with E-state index in [1.807, 2.05) is 30.5 Å². The molecule has 1 heterocycles. The second kappa shape index (κ2) is 5.24. The summed E-state index contributed by atoms with van der Waals surface area (Å²) in [4.78, 5) is 3.27. The maximum atomic E-state index is 5.69. The summed E-state index contributed by atoms with van der Waals surface area (Å²) < 4.78 is 17.1. The van der Waals surface area contributed by atoms with E-state index in [4.69, 9.17) is 13.3 Å². The Morgan fingerprint density at radius 1 is 1.17 bits per heavy atom. The highest BCUT2D eigenvalue weighted by Crippen LogP contribution is 2.41. The number of rotatable bonds is 5. The smallest absolute Gasteiger partial charge is 0.376 e. The van der Waals surface area contributed by atoms with E-state index in [0.717, 1.165) is 12.1 Å². The largest absolute Gasteiger partial charge is 0.517 e. The summed E-state index contributed by atoms with van der Waals surface area (Å²) in [5, 5.41) is -0.385. The predicted octanol–water partition coefficient (Wildman–Crippen LogP) is 2.19. The number of allylic oxidation sites excluding steroid dienone is 4. The molecule has 0 saturated heterocycles. The van der Waals surface area contributed by atoms with Gasteiger partial charge in [0.05, 0.1) is 0 Å². The van der Waals surface area contributed by atoms with Crippen molar-refractivity contribution in [2.24, 2.45) is 0 Å². The fourth-order valence-electron chi connectivity index (χ4n) is 2.62. The minimum absolute atomic E-state index is 0.385. The van der Waals surface area contributed by atoms with E-state index in [2.05, 4.69) is 17.1 Å². The third-order valence-electron chi connectivity index (χ3n) is 3.50. The lowest BCUT2D eigenvalue weighted by Crippen LogP contribution is -2.61. The van der Waals surface area contributed by atoms with Crippen LogP contribution in [0.1, 0.15) is 12.1 Å². The molecule has 0 spiro atoms. The SMILES string of the molecule is CO[Si](OC)(OC)C1(c2ccc[nH]2)C=CC=CC1. The van der Waals surface area contributed by atoms with E-state index in [1.54, 1.807) is 21.3 Å². The van der Waals surface area contributed by atoms with Crippen LogP contribution in [0.15, 0.2) is 42.6 Å². The van der Waals surface area contributed by atoms with Crippen molar-refractivity contribution in [3.8, 4) is 0 Å². The van der Waals surface area contributed by atoms with Crippen molar-refractivity contribution in [2.75, 3.05) is 21.3 Å². The maximum absolute atomic E-state index is 5.69. The van der Waals surface area contributed by atoms with Crippen LogP contribution in [0.2, 0.25) is 0 Å². The topological polar surface area (TPSA) is 43.5 Å². The van der Waals surface area contributed by atoms with Gasteiger partial charge in [-0.25, -0.2) is 0 Å². The van der Waals surface area contributed by atoms with Gasteiger partial charge in [-0.05, 0) is 18.6 Å². The Balaban J connectivity index is 2.55. The third-order valence-corrected chi connectivity index (χ3v) is 6.84. The molecule has 2 rings (SSSR count). The van der Waals surface area contributed by atoms with Gasteiger partial charge in [0.15, 0.2) is 0 Å². The first-order chi connectivity index (χ1) is 8.74. The average Bonchev–Trinajstić information content (AvgIpc) is 2.97.